The van der Waals surface area contributed by atoms with E-state index in [1.165, 1.54) is 23.4 Å². The second-order valence-corrected chi connectivity index (χ2v) is 5.59. The topological polar surface area (TPSA) is 24.1 Å². The van der Waals surface area contributed by atoms with Crippen LogP contribution in [0.15, 0.2) is 54.6 Å². The Balaban J connectivity index is 1.87. The molecular weight excluding hydrogens is 244 g/mol. The van der Waals surface area contributed by atoms with E-state index in [1.54, 1.807) is 0 Å². The molecule has 104 valence electrons. The van der Waals surface area contributed by atoms with Crippen molar-refractivity contribution in [2.45, 2.75) is 32.4 Å². The van der Waals surface area contributed by atoms with Crippen LogP contribution in [0.3, 0.4) is 0 Å². The summed E-state index contributed by atoms with van der Waals surface area (Å²) in [7, 11) is 0. The number of hydrogen-bond acceptors (Lipinski definition) is 2. The van der Waals surface area contributed by atoms with E-state index in [9.17, 15) is 0 Å². The first-order valence-electron chi connectivity index (χ1n) is 7.46. The fourth-order valence-electron chi connectivity index (χ4n) is 3.24. The van der Waals surface area contributed by atoms with E-state index in [0.717, 1.165) is 0 Å². The summed E-state index contributed by atoms with van der Waals surface area (Å²) in [6.45, 7) is 4.61. The van der Waals surface area contributed by atoms with Crippen molar-refractivity contribution in [1.29, 1.82) is 0 Å². The quantitative estimate of drug-likeness (QED) is 0.843. The second-order valence-electron chi connectivity index (χ2n) is 5.59. The van der Waals surface area contributed by atoms with Crippen molar-refractivity contribution in [3.8, 4) is 0 Å². The number of anilines is 2. The average Bonchev–Trinajstić information content (AvgIpc) is 2.49. The van der Waals surface area contributed by atoms with Crippen LogP contribution in [-0.4, -0.2) is 6.17 Å². The first kappa shape index (κ1) is 13.0. The van der Waals surface area contributed by atoms with Crippen molar-refractivity contribution in [1.82, 2.24) is 0 Å². The number of para-hydroxylation sites is 2. The molecule has 3 atom stereocenters. The second kappa shape index (κ2) is 5.58. The maximum atomic E-state index is 3.65. The zero-order chi connectivity index (χ0) is 13.9. The molecule has 1 aliphatic rings. The largest absolute Gasteiger partial charge is 0.365 e. The molecule has 2 heteroatoms. The minimum absolute atomic E-state index is 0.275. The highest BCUT2D eigenvalue weighted by molar-refractivity contribution is 5.58. The van der Waals surface area contributed by atoms with Crippen LogP contribution < -0.4 is 10.6 Å². The molecule has 0 amide bonds. The summed E-state index contributed by atoms with van der Waals surface area (Å²) in [6, 6.07) is 19.1. The zero-order valence-electron chi connectivity index (χ0n) is 12.1. The molecule has 0 aromatic heterocycles. The number of nitrogens with one attached hydrogen (secondary N) is 2. The number of fused-ring (bicyclic) bond motifs is 1. The third-order valence-corrected chi connectivity index (χ3v) is 4.37. The van der Waals surface area contributed by atoms with Crippen LogP contribution in [0.25, 0.3) is 0 Å². The predicted molar refractivity (Wildman–Crippen MR) is 86.1 cm³/mol. The fourth-order valence-corrected chi connectivity index (χ4v) is 3.24. The van der Waals surface area contributed by atoms with Crippen LogP contribution in [0.4, 0.5) is 11.4 Å². The first-order valence-corrected chi connectivity index (χ1v) is 7.46. The Morgan fingerprint density at radius 2 is 1.70 bits per heavy atom. The molecule has 0 radical (unpaired) electrons. The summed E-state index contributed by atoms with van der Waals surface area (Å²) in [5.74, 6) is 1.16. The molecule has 2 nitrogen and oxygen atoms in total. The van der Waals surface area contributed by atoms with E-state index in [4.69, 9.17) is 0 Å². The van der Waals surface area contributed by atoms with Gasteiger partial charge in [0.1, 0.15) is 0 Å². The Morgan fingerprint density at radius 3 is 2.45 bits per heavy atom. The van der Waals surface area contributed by atoms with Gasteiger partial charge in [-0.25, -0.2) is 0 Å². The van der Waals surface area contributed by atoms with Crippen LogP contribution in [0, 0.1) is 5.92 Å². The fraction of sp³-hybridized carbons (Fsp3) is 0.333. The van der Waals surface area contributed by atoms with Crippen molar-refractivity contribution >= 4 is 11.4 Å². The average molecular weight is 266 g/mol. The first-order chi connectivity index (χ1) is 9.79. The number of rotatable bonds is 3. The highest BCUT2D eigenvalue weighted by Gasteiger charge is 2.32. The van der Waals surface area contributed by atoms with Gasteiger partial charge in [0.05, 0.1) is 6.17 Å². The Labute approximate surface area is 121 Å². The van der Waals surface area contributed by atoms with Gasteiger partial charge in [0, 0.05) is 17.3 Å². The van der Waals surface area contributed by atoms with Crippen molar-refractivity contribution in [3.05, 3.63) is 60.2 Å². The van der Waals surface area contributed by atoms with Crippen LogP contribution in [0.1, 0.15) is 31.7 Å². The van der Waals surface area contributed by atoms with Gasteiger partial charge in [-0.3, -0.25) is 0 Å². The summed E-state index contributed by atoms with van der Waals surface area (Å²) in [5.41, 5.74) is 3.89. The van der Waals surface area contributed by atoms with Gasteiger partial charge in [-0.2, -0.15) is 0 Å². The van der Waals surface area contributed by atoms with Gasteiger partial charge in [0.15, 0.2) is 0 Å². The molecule has 0 fully saturated rings. The van der Waals surface area contributed by atoms with Crippen LogP contribution in [0.5, 0.6) is 0 Å². The lowest BCUT2D eigenvalue weighted by molar-refractivity contribution is 0.396. The van der Waals surface area contributed by atoms with Crippen molar-refractivity contribution in [2.24, 2.45) is 5.92 Å². The Morgan fingerprint density at radius 1 is 1.00 bits per heavy atom. The smallest absolute Gasteiger partial charge is 0.0996 e. The molecule has 2 N–H and O–H groups in total. The normalized spacial score (nSPS) is 24.6. The molecule has 0 saturated carbocycles. The Bertz CT molecular complexity index is 565. The van der Waals surface area contributed by atoms with Gasteiger partial charge < -0.3 is 10.6 Å². The van der Waals surface area contributed by atoms with Gasteiger partial charge in [0.25, 0.3) is 0 Å². The molecule has 2 aromatic carbocycles. The zero-order valence-corrected chi connectivity index (χ0v) is 12.1. The van der Waals surface area contributed by atoms with E-state index >= 15 is 0 Å². The molecule has 0 spiro atoms. The molecule has 3 rings (SSSR count). The summed E-state index contributed by atoms with van der Waals surface area (Å²) in [5, 5.41) is 7.27. The lowest BCUT2D eigenvalue weighted by Gasteiger charge is -2.39. The Kier molecular flexibility index (Phi) is 3.64. The molecule has 0 saturated heterocycles. The SMILES string of the molecule is CC[C@@H]1c2ccccc2N[C@@H](Nc2ccccc2)[C@H]1C. The molecule has 0 aliphatic carbocycles. The standard InChI is InChI=1S/C18H22N2/c1-3-15-13(2)18(19-14-9-5-4-6-10-14)20-17-12-8-7-11-16(15)17/h4-13,15,18-20H,3H2,1-2H3/t13-,15-,18+/m0/s1. The summed E-state index contributed by atoms with van der Waals surface area (Å²) in [6.07, 6.45) is 1.45. The minimum atomic E-state index is 0.275. The number of benzene rings is 2. The van der Waals surface area contributed by atoms with E-state index in [0.29, 0.717) is 11.8 Å². The summed E-state index contributed by atoms with van der Waals surface area (Å²) < 4.78 is 0. The van der Waals surface area contributed by atoms with Crippen LogP contribution in [0.2, 0.25) is 0 Å². The van der Waals surface area contributed by atoms with E-state index in [-0.39, 0.29) is 6.17 Å². The summed E-state index contributed by atoms with van der Waals surface area (Å²) >= 11 is 0. The Hall–Kier alpha value is -1.96. The van der Waals surface area contributed by atoms with Gasteiger partial charge in [-0.15, -0.1) is 0 Å². The third kappa shape index (κ3) is 2.38. The molecule has 0 bridgehead atoms. The maximum Gasteiger partial charge on any atom is 0.0996 e. The molecular formula is C18H22N2. The molecule has 0 unspecified atom stereocenters. The van der Waals surface area contributed by atoms with E-state index in [1.807, 2.05) is 6.07 Å². The van der Waals surface area contributed by atoms with E-state index < -0.39 is 0 Å². The third-order valence-electron chi connectivity index (χ3n) is 4.37. The van der Waals surface area contributed by atoms with Crippen molar-refractivity contribution in [3.63, 3.8) is 0 Å². The lowest BCUT2D eigenvalue weighted by atomic mass is 9.79. The van der Waals surface area contributed by atoms with Crippen molar-refractivity contribution < 1.29 is 0 Å². The highest BCUT2D eigenvalue weighted by atomic mass is 15.1. The van der Waals surface area contributed by atoms with E-state index in [2.05, 4.69) is 73.0 Å². The molecule has 20 heavy (non-hydrogen) atoms. The van der Waals surface area contributed by atoms with Gasteiger partial charge in [0.2, 0.25) is 0 Å². The number of hydrogen-bond donors (Lipinski definition) is 2. The predicted octanol–water partition coefficient (Wildman–Crippen LogP) is 4.68. The highest BCUT2D eigenvalue weighted by Crippen LogP contribution is 2.40. The maximum absolute atomic E-state index is 3.65. The molecule has 2 aromatic rings. The molecule has 1 aliphatic heterocycles. The van der Waals surface area contributed by atoms with Crippen molar-refractivity contribution in [2.75, 3.05) is 10.6 Å². The molecule has 1 heterocycles. The van der Waals surface area contributed by atoms with Gasteiger partial charge in [-0.1, -0.05) is 50.2 Å². The van der Waals surface area contributed by atoms with Crippen LogP contribution >= 0.6 is 0 Å². The lowest BCUT2D eigenvalue weighted by Crippen LogP contribution is -2.41. The van der Waals surface area contributed by atoms with Gasteiger partial charge >= 0.3 is 0 Å². The monoisotopic (exact) mass is 266 g/mol. The minimum Gasteiger partial charge on any atom is -0.365 e. The van der Waals surface area contributed by atoms with Crippen LogP contribution in [-0.2, 0) is 0 Å². The summed E-state index contributed by atoms with van der Waals surface area (Å²) in [4.78, 5) is 0. The van der Waals surface area contributed by atoms with Gasteiger partial charge in [-0.05, 0) is 36.1 Å².